The number of ether oxygens (including phenoxy) is 2. The third-order valence-electron chi connectivity index (χ3n) is 5.86. The molecule has 0 spiro atoms. The van der Waals surface area contributed by atoms with Crippen LogP contribution in [0.1, 0.15) is 30.9 Å². The number of hydrogen-bond donors (Lipinski definition) is 2. The monoisotopic (exact) mass is 536 g/mol. The van der Waals surface area contributed by atoms with Crippen molar-refractivity contribution in [1.82, 2.24) is 10.2 Å². The van der Waals surface area contributed by atoms with Gasteiger partial charge in [0.25, 0.3) is 0 Å². The van der Waals surface area contributed by atoms with Crippen molar-refractivity contribution in [2.24, 2.45) is 0 Å². The molecule has 38 heavy (non-hydrogen) atoms. The number of carboxylic acid groups (broad SMARTS) is 1. The van der Waals surface area contributed by atoms with Crippen molar-refractivity contribution in [3.63, 3.8) is 0 Å². The van der Waals surface area contributed by atoms with Gasteiger partial charge < -0.3 is 19.9 Å². The molecule has 0 bridgehead atoms. The zero-order valence-corrected chi connectivity index (χ0v) is 21.1. The molecular formula is C27H31F3N2O6. The van der Waals surface area contributed by atoms with E-state index < -0.39 is 29.7 Å². The molecular weight excluding hydrogens is 505 g/mol. The molecule has 0 radical (unpaired) electrons. The van der Waals surface area contributed by atoms with Crippen LogP contribution in [0, 0.1) is 0 Å². The van der Waals surface area contributed by atoms with Crippen LogP contribution in [0.3, 0.4) is 0 Å². The Labute approximate surface area is 219 Å². The van der Waals surface area contributed by atoms with Gasteiger partial charge in [-0.2, -0.15) is 13.2 Å². The molecule has 0 saturated carbocycles. The number of hydrogen-bond acceptors (Lipinski definition) is 6. The van der Waals surface area contributed by atoms with E-state index in [1.165, 1.54) is 4.90 Å². The average Bonchev–Trinajstić information content (AvgIpc) is 3.30. The number of halogens is 3. The number of alkyl halides is 3. The predicted molar refractivity (Wildman–Crippen MR) is 133 cm³/mol. The van der Waals surface area contributed by atoms with Crippen LogP contribution in [0.15, 0.2) is 72.8 Å². The van der Waals surface area contributed by atoms with Crippen LogP contribution in [0.5, 0.6) is 0 Å². The van der Waals surface area contributed by atoms with Gasteiger partial charge in [-0.25, -0.2) is 14.4 Å². The second-order valence-electron chi connectivity index (χ2n) is 8.51. The number of likely N-dealkylation sites (tertiary alicyclic amines) is 1. The molecule has 1 saturated heterocycles. The van der Waals surface area contributed by atoms with Gasteiger partial charge >= 0.3 is 24.2 Å². The number of carbonyl (C=O) groups excluding carboxylic acids is 2. The Kier molecular flexibility index (Phi) is 11.3. The van der Waals surface area contributed by atoms with Crippen molar-refractivity contribution in [2.75, 3.05) is 13.6 Å². The van der Waals surface area contributed by atoms with Gasteiger partial charge in [0.2, 0.25) is 0 Å². The van der Waals surface area contributed by atoms with Gasteiger partial charge in [-0.3, -0.25) is 4.90 Å². The third kappa shape index (κ3) is 8.62. The molecule has 1 aliphatic heterocycles. The lowest BCUT2D eigenvalue weighted by Crippen LogP contribution is -2.53. The molecule has 2 aromatic carbocycles. The smallest absolute Gasteiger partial charge is 0.475 e. The number of amides is 1. The topological polar surface area (TPSA) is 105 Å². The number of carboxylic acids is 1. The standard InChI is InChI=1S/C25H30N2O4.C2HF3O2/c1-3-4-15-25(23(28)30-18-20-11-7-5-8-12-20)16-22(26-2)17-27(25)24(29)31-19-21-13-9-6-10-14-21;3-2(4,5)1(6)7/h3-14,22,26H,15-19H2,1-2H3;(H,6,7)/t22-,25?;/m1./s1. The summed E-state index contributed by atoms with van der Waals surface area (Å²) in [5, 5.41) is 10.3. The lowest BCUT2D eigenvalue weighted by atomic mass is 9.90. The number of aliphatic carboxylic acids is 1. The van der Waals surface area contributed by atoms with E-state index in [-0.39, 0.29) is 19.3 Å². The molecule has 8 nitrogen and oxygen atoms in total. The number of allylic oxidation sites excluding steroid dienone is 1. The minimum absolute atomic E-state index is 0.0289. The highest BCUT2D eigenvalue weighted by molar-refractivity contribution is 5.87. The van der Waals surface area contributed by atoms with Crippen LogP contribution in [0.4, 0.5) is 18.0 Å². The maximum Gasteiger partial charge on any atom is 0.490 e. The van der Waals surface area contributed by atoms with Crippen LogP contribution >= 0.6 is 0 Å². The summed E-state index contributed by atoms with van der Waals surface area (Å²) < 4.78 is 43.0. The van der Waals surface area contributed by atoms with Crippen molar-refractivity contribution in [3.8, 4) is 0 Å². The van der Waals surface area contributed by atoms with Crippen molar-refractivity contribution >= 4 is 18.0 Å². The third-order valence-corrected chi connectivity index (χ3v) is 5.86. The van der Waals surface area contributed by atoms with Gasteiger partial charge in [0, 0.05) is 12.6 Å². The van der Waals surface area contributed by atoms with Crippen LogP contribution in [0.2, 0.25) is 0 Å². The Hall–Kier alpha value is -3.86. The Morgan fingerprint density at radius 3 is 1.97 bits per heavy atom. The molecule has 206 valence electrons. The molecule has 1 fully saturated rings. The van der Waals surface area contributed by atoms with Crippen LogP contribution < -0.4 is 5.32 Å². The zero-order valence-electron chi connectivity index (χ0n) is 21.1. The number of benzene rings is 2. The summed E-state index contributed by atoms with van der Waals surface area (Å²) in [6.45, 7) is 2.58. The summed E-state index contributed by atoms with van der Waals surface area (Å²) in [4.78, 5) is 36.9. The Balaban J connectivity index is 0.000000638. The quantitative estimate of drug-likeness (QED) is 0.372. The minimum Gasteiger partial charge on any atom is -0.475 e. The predicted octanol–water partition coefficient (Wildman–Crippen LogP) is 4.70. The summed E-state index contributed by atoms with van der Waals surface area (Å²) in [5.74, 6) is -3.17. The highest BCUT2D eigenvalue weighted by Crippen LogP contribution is 2.36. The van der Waals surface area contributed by atoms with Crippen LogP contribution in [0.25, 0.3) is 0 Å². The van der Waals surface area contributed by atoms with Crippen molar-refractivity contribution in [1.29, 1.82) is 0 Å². The van der Waals surface area contributed by atoms with E-state index >= 15 is 0 Å². The van der Waals surface area contributed by atoms with E-state index in [2.05, 4.69) is 5.32 Å². The SMILES string of the molecule is CC=CCC1(C(=O)OCc2ccccc2)C[C@@H](NC)CN1C(=O)OCc1ccccc1.O=C(O)C(F)(F)F. The summed E-state index contributed by atoms with van der Waals surface area (Å²) in [7, 11) is 1.83. The van der Waals surface area contributed by atoms with E-state index in [4.69, 9.17) is 19.4 Å². The first kappa shape index (κ1) is 30.4. The Bertz CT molecular complexity index is 1080. The molecule has 0 aliphatic carbocycles. The Morgan fingerprint density at radius 1 is 1.03 bits per heavy atom. The zero-order chi connectivity index (χ0) is 28.2. The van der Waals surface area contributed by atoms with E-state index in [0.29, 0.717) is 19.4 Å². The molecule has 2 N–H and O–H groups in total. The van der Waals surface area contributed by atoms with E-state index in [9.17, 15) is 22.8 Å². The normalized spacial score (nSPS) is 19.0. The second-order valence-corrected chi connectivity index (χ2v) is 8.51. The fourth-order valence-electron chi connectivity index (χ4n) is 3.86. The molecule has 1 unspecified atom stereocenters. The first-order valence-corrected chi connectivity index (χ1v) is 11.8. The van der Waals surface area contributed by atoms with Gasteiger partial charge in [-0.1, -0.05) is 72.8 Å². The van der Waals surface area contributed by atoms with Crippen LogP contribution in [-0.2, 0) is 32.3 Å². The van der Waals surface area contributed by atoms with E-state index in [0.717, 1.165) is 11.1 Å². The molecule has 1 aliphatic rings. The fourth-order valence-corrected chi connectivity index (χ4v) is 3.86. The van der Waals surface area contributed by atoms with Gasteiger partial charge in [0.1, 0.15) is 18.8 Å². The first-order valence-electron chi connectivity index (χ1n) is 11.8. The second kappa shape index (κ2) is 14.2. The van der Waals surface area contributed by atoms with Gasteiger partial charge in [0.15, 0.2) is 0 Å². The number of nitrogens with one attached hydrogen (secondary N) is 1. The minimum atomic E-state index is -5.08. The summed E-state index contributed by atoms with van der Waals surface area (Å²) in [6.07, 6.45) is -0.980. The first-order chi connectivity index (χ1) is 18.0. The number of nitrogens with zero attached hydrogens (tertiary/aromatic N) is 1. The van der Waals surface area contributed by atoms with Crippen molar-refractivity contribution < 1.29 is 42.1 Å². The van der Waals surface area contributed by atoms with Gasteiger partial charge in [0.05, 0.1) is 0 Å². The molecule has 11 heteroatoms. The van der Waals surface area contributed by atoms with E-state index in [1.54, 1.807) is 0 Å². The molecule has 1 amide bonds. The molecule has 2 atom stereocenters. The average molecular weight is 537 g/mol. The number of carbonyl (C=O) groups is 3. The number of likely N-dealkylation sites (N-methyl/N-ethyl adjacent to an activating group) is 1. The van der Waals surface area contributed by atoms with Crippen LogP contribution in [-0.4, -0.2) is 59.4 Å². The van der Waals surface area contributed by atoms with Gasteiger partial charge in [-0.15, -0.1) is 0 Å². The summed E-state index contributed by atoms with van der Waals surface area (Å²) in [5.41, 5.74) is 0.687. The fraction of sp³-hybridized carbons (Fsp3) is 0.370. The van der Waals surface area contributed by atoms with Crippen molar-refractivity contribution in [2.45, 2.75) is 50.7 Å². The maximum absolute atomic E-state index is 13.4. The van der Waals surface area contributed by atoms with Crippen molar-refractivity contribution in [3.05, 3.63) is 83.9 Å². The largest absolute Gasteiger partial charge is 0.490 e. The summed E-state index contributed by atoms with van der Waals surface area (Å²) >= 11 is 0. The summed E-state index contributed by atoms with van der Waals surface area (Å²) in [6, 6.07) is 19.0. The highest BCUT2D eigenvalue weighted by atomic mass is 19.4. The lowest BCUT2D eigenvalue weighted by molar-refractivity contribution is -0.192. The lowest BCUT2D eigenvalue weighted by Gasteiger charge is -2.34. The maximum atomic E-state index is 13.4. The molecule has 0 aromatic heterocycles. The number of esters is 1. The molecule has 2 aromatic rings. The molecule has 1 heterocycles. The highest BCUT2D eigenvalue weighted by Gasteiger charge is 2.54. The van der Waals surface area contributed by atoms with Gasteiger partial charge in [-0.05, 0) is 37.9 Å². The van der Waals surface area contributed by atoms with E-state index in [1.807, 2.05) is 86.8 Å². The molecule has 3 rings (SSSR count). The Morgan fingerprint density at radius 2 is 1.53 bits per heavy atom. The number of rotatable bonds is 8.